The van der Waals surface area contributed by atoms with Gasteiger partial charge in [-0.25, -0.2) is 0 Å². The molecule has 0 bridgehead atoms. The molecular weight excluding hydrogens is 528 g/mol. The molecule has 0 aromatic rings. The van der Waals surface area contributed by atoms with Gasteiger partial charge in [-0.15, -0.1) is 0 Å². The Morgan fingerprint density at radius 2 is 1.20 bits per heavy atom. The molecule has 4 N–H and O–H groups in total. The van der Waals surface area contributed by atoms with Gasteiger partial charge in [0.05, 0.1) is 19.8 Å². The minimum Gasteiger partial charge on any atom is -0.457 e. The molecule has 0 amide bonds. The normalized spacial score (nSPS) is 23.5. The molecule has 0 saturated carbocycles. The van der Waals surface area contributed by atoms with Crippen LogP contribution in [0.4, 0.5) is 0 Å². The van der Waals surface area contributed by atoms with E-state index in [0.717, 1.165) is 32.1 Å². The second-order valence-electron chi connectivity index (χ2n) is 11.6. The third kappa shape index (κ3) is 18.5. The Morgan fingerprint density at radius 1 is 0.683 bits per heavy atom. The fourth-order valence-electron chi connectivity index (χ4n) is 5.08. The monoisotopic (exact) mass is 590 g/mol. The number of carbonyl (C=O) groups excluding carboxylic acids is 1. The quantitative estimate of drug-likeness (QED) is 0.0754. The van der Waals surface area contributed by atoms with Gasteiger partial charge in [0.25, 0.3) is 0 Å². The van der Waals surface area contributed by atoms with Crippen molar-refractivity contribution in [3.8, 4) is 0 Å². The number of aliphatic hydroxyl groups is 4. The second-order valence-corrected chi connectivity index (χ2v) is 11.6. The van der Waals surface area contributed by atoms with Gasteiger partial charge in [-0.3, -0.25) is 4.79 Å². The lowest BCUT2D eigenvalue weighted by atomic mass is 9.99. The van der Waals surface area contributed by atoms with E-state index in [9.17, 15) is 25.2 Å². The third-order valence-electron chi connectivity index (χ3n) is 7.77. The fourth-order valence-corrected chi connectivity index (χ4v) is 5.08. The lowest BCUT2D eigenvalue weighted by molar-refractivity contribution is -0.305. The van der Waals surface area contributed by atoms with Crippen molar-refractivity contribution in [2.75, 3.05) is 26.4 Å². The minimum absolute atomic E-state index is 0.108. The van der Waals surface area contributed by atoms with Crippen LogP contribution >= 0.6 is 0 Å². The number of rotatable bonds is 27. The van der Waals surface area contributed by atoms with E-state index in [0.29, 0.717) is 13.0 Å². The van der Waals surface area contributed by atoms with Gasteiger partial charge in [-0.2, -0.15) is 0 Å². The first-order valence-electron chi connectivity index (χ1n) is 16.6. The molecular formula is C32H62O9. The maximum Gasteiger partial charge on any atom is 0.306 e. The number of aliphatic hydroxyl groups excluding tert-OH is 4. The molecule has 0 aromatic heterocycles. The summed E-state index contributed by atoms with van der Waals surface area (Å²) >= 11 is 0. The van der Waals surface area contributed by atoms with Crippen molar-refractivity contribution >= 4 is 5.97 Å². The van der Waals surface area contributed by atoms with Crippen LogP contribution in [0.3, 0.4) is 0 Å². The van der Waals surface area contributed by atoms with E-state index in [1.807, 2.05) is 0 Å². The molecule has 1 saturated heterocycles. The van der Waals surface area contributed by atoms with E-state index in [2.05, 4.69) is 13.8 Å². The van der Waals surface area contributed by atoms with Crippen molar-refractivity contribution in [3.05, 3.63) is 0 Å². The van der Waals surface area contributed by atoms with Gasteiger partial charge in [0.15, 0.2) is 6.29 Å². The summed E-state index contributed by atoms with van der Waals surface area (Å²) in [5, 5.41) is 39.6. The molecule has 9 heteroatoms. The van der Waals surface area contributed by atoms with Crippen LogP contribution in [0.15, 0.2) is 0 Å². The van der Waals surface area contributed by atoms with Crippen LogP contribution in [0.2, 0.25) is 0 Å². The van der Waals surface area contributed by atoms with Crippen LogP contribution < -0.4 is 0 Å². The zero-order valence-electron chi connectivity index (χ0n) is 26.1. The first-order valence-corrected chi connectivity index (χ1v) is 16.6. The Morgan fingerprint density at radius 3 is 1.73 bits per heavy atom. The highest BCUT2D eigenvalue weighted by Gasteiger charge is 2.44. The Balaban J connectivity index is 2.36. The van der Waals surface area contributed by atoms with Crippen molar-refractivity contribution in [2.45, 2.75) is 173 Å². The molecule has 1 aliphatic rings. The van der Waals surface area contributed by atoms with Crippen LogP contribution in [0.25, 0.3) is 0 Å². The highest BCUT2D eigenvalue weighted by molar-refractivity contribution is 5.69. The highest BCUT2D eigenvalue weighted by Crippen LogP contribution is 2.22. The maximum absolute atomic E-state index is 12.6. The smallest absolute Gasteiger partial charge is 0.306 e. The topological polar surface area (TPSA) is 135 Å². The molecule has 244 valence electrons. The lowest BCUT2D eigenvalue weighted by Gasteiger charge is -2.39. The predicted octanol–water partition coefficient (Wildman–Crippen LogP) is 5.18. The average Bonchev–Trinajstić information content (AvgIpc) is 2.97. The molecule has 1 rings (SSSR count). The molecule has 41 heavy (non-hydrogen) atoms. The summed E-state index contributed by atoms with van der Waals surface area (Å²) in [5.41, 5.74) is 0. The highest BCUT2D eigenvalue weighted by atomic mass is 16.7. The first kappa shape index (κ1) is 38.2. The van der Waals surface area contributed by atoms with Crippen molar-refractivity contribution in [2.24, 2.45) is 0 Å². The lowest BCUT2D eigenvalue weighted by Crippen LogP contribution is -2.59. The van der Waals surface area contributed by atoms with Crippen LogP contribution in [0, 0.1) is 0 Å². The fraction of sp³-hybridized carbons (Fsp3) is 0.969. The van der Waals surface area contributed by atoms with Gasteiger partial charge < -0.3 is 39.4 Å². The largest absolute Gasteiger partial charge is 0.457 e. The van der Waals surface area contributed by atoms with Crippen LogP contribution in [0.5, 0.6) is 0 Å². The number of carbonyl (C=O) groups is 1. The van der Waals surface area contributed by atoms with Crippen molar-refractivity contribution in [3.63, 3.8) is 0 Å². The molecule has 0 aliphatic carbocycles. The molecule has 0 aromatic carbocycles. The molecule has 1 fully saturated rings. The molecule has 9 nitrogen and oxygen atoms in total. The van der Waals surface area contributed by atoms with E-state index in [1.165, 1.54) is 83.5 Å². The van der Waals surface area contributed by atoms with E-state index in [1.54, 1.807) is 0 Å². The van der Waals surface area contributed by atoms with Crippen LogP contribution in [0.1, 0.15) is 136 Å². The van der Waals surface area contributed by atoms with Gasteiger partial charge in [-0.1, -0.05) is 117 Å². The molecule has 1 heterocycles. The summed E-state index contributed by atoms with van der Waals surface area (Å²) in [6, 6.07) is 0. The summed E-state index contributed by atoms with van der Waals surface area (Å²) in [6.45, 7) is 4.49. The van der Waals surface area contributed by atoms with E-state index in [4.69, 9.17) is 18.9 Å². The Labute approximate surface area is 249 Å². The number of hydrogen-bond donors (Lipinski definition) is 4. The summed E-state index contributed by atoms with van der Waals surface area (Å²) < 4.78 is 22.5. The molecule has 6 atom stereocenters. The minimum atomic E-state index is -1.53. The number of hydrogen-bond acceptors (Lipinski definition) is 9. The molecule has 6 unspecified atom stereocenters. The zero-order valence-corrected chi connectivity index (χ0v) is 26.1. The average molecular weight is 591 g/mol. The summed E-state index contributed by atoms with van der Waals surface area (Å²) in [4.78, 5) is 12.6. The Kier molecular flexibility index (Phi) is 23.9. The first-order chi connectivity index (χ1) is 19.9. The van der Waals surface area contributed by atoms with Crippen molar-refractivity contribution < 1.29 is 44.2 Å². The Bertz CT molecular complexity index is 604. The van der Waals surface area contributed by atoms with Gasteiger partial charge in [-0.05, 0) is 12.8 Å². The summed E-state index contributed by atoms with van der Waals surface area (Å²) in [7, 11) is 0. The summed E-state index contributed by atoms with van der Waals surface area (Å²) in [6.07, 6.45) is 14.3. The summed E-state index contributed by atoms with van der Waals surface area (Å²) in [5.74, 6) is -0.317. The van der Waals surface area contributed by atoms with Gasteiger partial charge in [0.1, 0.15) is 30.5 Å². The van der Waals surface area contributed by atoms with Crippen molar-refractivity contribution in [1.29, 1.82) is 0 Å². The number of unbranched alkanes of at least 4 members (excludes halogenated alkanes) is 16. The van der Waals surface area contributed by atoms with E-state index in [-0.39, 0.29) is 19.2 Å². The van der Waals surface area contributed by atoms with Gasteiger partial charge >= 0.3 is 5.97 Å². The van der Waals surface area contributed by atoms with Crippen molar-refractivity contribution in [1.82, 2.24) is 0 Å². The molecule has 0 radical (unpaired) electrons. The number of esters is 1. The van der Waals surface area contributed by atoms with Crippen LogP contribution in [-0.2, 0) is 23.7 Å². The zero-order chi connectivity index (χ0) is 30.1. The Hall–Kier alpha value is -0.810. The van der Waals surface area contributed by atoms with Gasteiger partial charge in [0, 0.05) is 13.0 Å². The van der Waals surface area contributed by atoms with Crippen LogP contribution in [-0.4, -0.2) is 89.6 Å². The van der Waals surface area contributed by atoms with E-state index < -0.39 is 43.4 Å². The maximum atomic E-state index is 12.6. The predicted molar refractivity (Wildman–Crippen MR) is 159 cm³/mol. The standard InChI is InChI=1S/C32H62O9/c1-3-5-7-9-11-12-13-14-15-16-17-19-21-28(34)40-26(24-38-22-20-18-10-8-6-4-2)25-39-32-31(37)30(36)29(35)27(23-33)41-32/h26-27,29-33,35-37H,3-25H2,1-2H3. The number of ether oxygens (including phenoxy) is 4. The second kappa shape index (κ2) is 25.7. The van der Waals surface area contributed by atoms with E-state index >= 15 is 0 Å². The van der Waals surface area contributed by atoms with Gasteiger partial charge in [0.2, 0.25) is 0 Å². The third-order valence-corrected chi connectivity index (χ3v) is 7.77. The molecule has 0 spiro atoms. The SMILES string of the molecule is CCCCCCCCCCCCCCC(=O)OC(COCCCCCCCC)COC1OC(CO)C(O)C(O)C1O. The molecule has 1 aliphatic heterocycles.